The number of hydrazone groups is 1. The van der Waals surface area contributed by atoms with Gasteiger partial charge in [-0.3, -0.25) is 4.79 Å². The van der Waals surface area contributed by atoms with Crippen LogP contribution in [-0.2, 0) is 0 Å². The molecule has 1 aromatic heterocycles. The molecule has 114 valence electrons. The second-order valence-electron chi connectivity index (χ2n) is 5.08. The Morgan fingerprint density at radius 3 is 2.55 bits per heavy atom. The van der Waals surface area contributed by atoms with E-state index in [2.05, 4.69) is 31.4 Å². The summed E-state index contributed by atoms with van der Waals surface area (Å²) in [6.07, 6.45) is 4.14. The lowest BCUT2D eigenvalue weighted by atomic mass is 10.2. The maximum Gasteiger partial charge on any atom is 0.271 e. The van der Waals surface area contributed by atoms with Crippen LogP contribution in [0.4, 0.5) is 5.69 Å². The smallest absolute Gasteiger partial charge is 0.271 e. The van der Waals surface area contributed by atoms with Crippen LogP contribution in [0.3, 0.4) is 0 Å². The predicted octanol–water partition coefficient (Wildman–Crippen LogP) is 3.87. The van der Waals surface area contributed by atoms with Gasteiger partial charge in [-0.05, 0) is 65.2 Å². The zero-order valence-electron chi connectivity index (χ0n) is 12.0. The third-order valence-electron chi connectivity index (χ3n) is 3.55. The molecule has 0 saturated carbocycles. The molecule has 1 amide bonds. The summed E-state index contributed by atoms with van der Waals surface area (Å²) in [5, 5.41) is 3.99. The van der Waals surface area contributed by atoms with Crippen molar-refractivity contribution >= 4 is 45.1 Å². The number of hydrogen-bond acceptors (Lipinski definition) is 4. The van der Waals surface area contributed by atoms with Crippen LogP contribution in [-0.4, -0.2) is 25.2 Å². The highest BCUT2D eigenvalue weighted by atomic mass is 79.9. The molecular weight excluding hydrogens is 362 g/mol. The summed E-state index contributed by atoms with van der Waals surface area (Å²) in [4.78, 5) is 15.4. The van der Waals surface area contributed by atoms with Crippen LogP contribution in [0.2, 0.25) is 0 Å². The van der Waals surface area contributed by atoms with Crippen molar-refractivity contribution in [2.24, 2.45) is 5.10 Å². The van der Waals surface area contributed by atoms with E-state index in [0.29, 0.717) is 5.56 Å². The van der Waals surface area contributed by atoms with Crippen LogP contribution in [0.15, 0.2) is 45.3 Å². The van der Waals surface area contributed by atoms with Gasteiger partial charge in [0.1, 0.15) is 0 Å². The van der Waals surface area contributed by atoms with Crippen molar-refractivity contribution in [1.29, 1.82) is 0 Å². The average molecular weight is 378 g/mol. The molecule has 0 bridgehead atoms. The highest BCUT2D eigenvalue weighted by Gasteiger charge is 2.12. The first-order valence-corrected chi connectivity index (χ1v) is 8.77. The number of hydrogen-bond donors (Lipinski definition) is 1. The maximum atomic E-state index is 12.0. The number of benzene rings is 1. The number of carbonyl (C=O) groups is 1. The first kappa shape index (κ1) is 15.2. The first-order valence-electron chi connectivity index (χ1n) is 7.16. The Kier molecular flexibility index (Phi) is 4.90. The Balaban J connectivity index is 1.58. The number of amides is 1. The van der Waals surface area contributed by atoms with Gasteiger partial charge < -0.3 is 4.90 Å². The van der Waals surface area contributed by atoms with Gasteiger partial charge in [-0.15, -0.1) is 11.3 Å². The Bertz CT molecular complexity index is 675. The number of thiophene rings is 1. The van der Waals surface area contributed by atoms with Crippen molar-refractivity contribution in [2.75, 3.05) is 18.0 Å². The zero-order chi connectivity index (χ0) is 15.4. The van der Waals surface area contributed by atoms with E-state index in [-0.39, 0.29) is 5.91 Å². The Labute approximate surface area is 142 Å². The molecule has 0 aliphatic carbocycles. The van der Waals surface area contributed by atoms with Crippen LogP contribution < -0.4 is 10.3 Å². The molecule has 3 rings (SSSR count). The minimum Gasteiger partial charge on any atom is -0.372 e. The summed E-state index contributed by atoms with van der Waals surface area (Å²) < 4.78 is 1.04. The Morgan fingerprint density at radius 1 is 1.18 bits per heavy atom. The lowest BCUT2D eigenvalue weighted by molar-refractivity contribution is 0.0955. The van der Waals surface area contributed by atoms with Gasteiger partial charge in [0, 0.05) is 29.2 Å². The molecule has 2 heterocycles. The number of nitrogens with one attached hydrogen (secondary N) is 1. The normalized spacial score (nSPS) is 14.7. The molecule has 1 fully saturated rings. The molecule has 6 heteroatoms. The zero-order valence-corrected chi connectivity index (χ0v) is 14.4. The summed E-state index contributed by atoms with van der Waals surface area (Å²) in [5.41, 5.74) is 4.35. The number of halogens is 1. The van der Waals surface area contributed by atoms with Crippen molar-refractivity contribution in [1.82, 2.24) is 5.43 Å². The molecule has 1 aromatic carbocycles. The average Bonchev–Trinajstić information content (AvgIpc) is 3.19. The summed E-state index contributed by atoms with van der Waals surface area (Å²) in [6, 6.07) is 11.6. The number of carbonyl (C=O) groups excluding carboxylic acids is 1. The molecule has 1 saturated heterocycles. The predicted molar refractivity (Wildman–Crippen MR) is 95.0 cm³/mol. The van der Waals surface area contributed by atoms with Crippen molar-refractivity contribution in [3.8, 4) is 0 Å². The van der Waals surface area contributed by atoms with E-state index in [1.54, 1.807) is 17.6 Å². The molecule has 1 aliphatic rings. The van der Waals surface area contributed by atoms with Gasteiger partial charge in [0.05, 0.1) is 10.0 Å². The Hall–Kier alpha value is -1.66. The van der Waals surface area contributed by atoms with Gasteiger partial charge in [-0.1, -0.05) is 0 Å². The van der Waals surface area contributed by atoms with Gasteiger partial charge in [0.15, 0.2) is 0 Å². The van der Waals surface area contributed by atoms with Crippen molar-refractivity contribution in [3.63, 3.8) is 0 Å². The number of nitrogens with zero attached hydrogens (tertiary/aromatic N) is 2. The highest BCUT2D eigenvalue weighted by Crippen LogP contribution is 2.21. The largest absolute Gasteiger partial charge is 0.372 e. The minimum absolute atomic E-state index is 0.195. The monoisotopic (exact) mass is 377 g/mol. The van der Waals surface area contributed by atoms with Crippen LogP contribution in [0.5, 0.6) is 0 Å². The minimum atomic E-state index is -0.195. The fourth-order valence-corrected chi connectivity index (χ4v) is 3.71. The fraction of sp³-hybridized carbons (Fsp3) is 0.250. The lowest BCUT2D eigenvalue weighted by Gasteiger charge is -2.17. The second-order valence-corrected chi connectivity index (χ2v) is 7.58. The molecule has 1 aliphatic heterocycles. The molecule has 0 atom stereocenters. The molecule has 4 nitrogen and oxygen atoms in total. The van der Waals surface area contributed by atoms with Gasteiger partial charge in [-0.25, -0.2) is 5.43 Å². The summed E-state index contributed by atoms with van der Waals surface area (Å²) in [5.74, 6) is -0.195. The molecule has 0 spiro atoms. The first-order chi connectivity index (χ1) is 10.7. The summed E-state index contributed by atoms with van der Waals surface area (Å²) in [6.45, 7) is 2.21. The molecule has 0 radical (unpaired) electrons. The van der Waals surface area contributed by atoms with E-state index in [9.17, 15) is 4.79 Å². The van der Waals surface area contributed by atoms with E-state index in [4.69, 9.17) is 0 Å². The Morgan fingerprint density at radius 2 is 1.91 bits per heavy atom. The number of anilines is 1. The van der Waals surface area contributed by atoms with Gasteiger partial charge >= 0.3 is 0 Å². The van der Waals surface area contributed by atoms with E-state index in [1.165, 1.54) is 18.5 Å². The maximum absolute atomic E-state index is 12.0. The molecule has 2 aromatic rings. The molecule has 22 heavy (non-hydrogen) atoms. The number of rotatable bonds is 4. The molecular formula is C16H16BrN3OS. The van der Waals surface area contributed by atoms with E-state index < -0.39 is 0 Å². The van der Waals surface area contributed by atoms with Crippen molar-refractivity contribution < 1.29 is 4.79 Å². The molecule has 0 unspecified atom stereocenters. The van der Waals surface area contributed by atoms with E-state index in [1.807, 2.05) is 36.4 Å². The standard InChI is InChI=1S/C16H16BrN3OS/c17-15-8-7-14(22-15)11-18-19-16(21)12-3-5-13(6-4-12)20-9-1-2-10-20/h3-8,11H,1-2,9-10H2,(H,19,21)/b18-11-. The third-order valence-corrected chi connectivity index (χ3v) is 5.11. The van der Waals surface area contributed by atoms with Crippen LogP contribution in [0.1, 0.15) is 28.1 Å². The van der Waals surface area contributed by atoms with Gasteiger partial charge in [0.2, 0.25) is 0 Å². The van der Waals surface area contributed by atoms with Crippen LogP contribution >= 0.6 is 27.3 Å². The van der Waals surface area contributed by atoms with E-state index >= 15 is 0 Å². The summed E-state index contributed by atoms with van der Waals surface area (Å²) >= 11 is 4.95. The SMILES string of the molecule is O=C(N/N=C\c1ccc(Br)s1)c1ccc(N2CCCC2)cc1. The van der Waals surface area contributed by atoms with Crippen molar-refractivity contribution in [3.05, 3.63) is 50.6 Å². The van der Waals surface area contributed by atoms with Crippen LogP contribution in [0.25, 0.3) is 0 Å². The lowest BCUT2D eigenvalue weighted by Crippen LogP contribution is -2.19. The third kappa shape index (κ3) is 3.75. The van der Waals surface area contributed by atoms with E-state index in [0.717, 1.165) is 21.8 Å². The van der Waals surface area contributed by atoms with Gasteiger partial charge in [-0.2, -0.15) is 5.10 Å². The molecule has 1 N–H and O–H groups in total. The highest BCUT2D eigenvalue weighted by molar-refractivity contribution is 9.11. The summed E-state index contributed by atoms with van der Waals surface area (Å²) in [7, 11) is 0. The van der Waals surface area contributed by atoms with Gasteiger partial charge in [0.25, 0.3) is 5.91 Å². The topological polar surface area (TPSA) is 44.7 Å². The van der Waals surface area contributed by atoms with Crippen LogP contribution in [0, 0.1) is 0 Å². The quantitative estimate of drug-likeness (QED) is 0.648. The van der Waals surface area contributed by atoms with Crippen molar-refractivity contribution in [2.45, 2.75) is 12.8 Å². The fourth-order valence-electron chi connectivity index (χ4n) is 2.42. The second kappa shape index (κ2) is 7.07.